The molecule has 1 atom stereocenters. The number of benzene rings is 3. The average molecular weight is 362 g/mol. The molecule has 0 unspecified atom stereocenters. The van der Waals surface area contributed by atoms with E-state index in [0.717, 1.165) is 5.56 Å². The number of halogens is 1. The summed E-state index contributed by atoms with van der Waals surface area (Å²) in [6.07, 6.45) is -0.0169. The van der Waals surface area contributed by atoms with Crippen molar-refractivity contribution < 1.29 is 14.0 Å². The van der Waals surface area contributed by atoms with Crippen molar-refractivity contribution in [3.8, 4) is 0 Å². The Balaban J connectivity index is 1.75. The third-order valence-corrected chi connectivity index (χ3v) is 4.08. The number of amides is 2. The predicted octanol–water partition coefficient (Wildman–Crippen LogP) is 4.33. The molecular formula is C22H19FN2O2. The highest BCUT2D eigenvalue weighted by atomic mass is 19.1. The highest BCUT2D eigenvalue weighted by molar-refractivity contribution is 5.95. The van der Waals surface area contributed by atoms with Crippen LogP contribution in [0, 0.1) is 5.82 Å². The number of rotatable bonds is 6. The van der Waals surface area contributed by atoms with Crippen LogP contribution < -0.4 is 10.6 Å². The lowest BCUT2D eigenvalue weighted by Crippen LogP contribution is -2.31. The summed E-state index contributed by atoms with van der Waals surface area (Å²) in [5.74, 6) is -1.17. The van der Waals surface area contributed by atoms with E-state index in [1.165, 1.54) is 12.1 Å². The molecule has 0 saturated carbocycles. The van der Waals surface area contributed by atoms with Gasteiger partial charge in [0.15, 0.2) is 0 Å². The van der Waals surface area contributed by atoms with E-state index < -0.39 is 11.9 Å². The van der Waals surface area contributed by atoms with E-state index in [9.17, 15) is 14.0 Å². The van der Waals surface area contributed by atoms with Crippen molar-refractivity contribution in [2.45, 2.75) is 12.5 Å². The van der Waals surface area contributed by atoms with Gasteiger partial charge in [0.05, 0.1) is 18.2 Å². The van der Waals surface area contributed by atoms with Gasteiger partial charge in [0.2, 0.25) is 5.91 Å². The van der Waals surface area contributed by atoms with E-state index in [2.05, 4.69) is 10.6 Å². The summed E-state index contributed by atoms with van der Waals surface area (Å²) in [6, 6.07) is 23.4. The predicted molar refractivity (Wildman–Crippen MR) is 103 cm³/mol. The summed E-state index contributed by atoms with van der Waals surface area (Å²) >= 11 is 0. The highest BCUT2D eigenvalue weighted by Gasteiger charge is 2.19. The normalized spacial score (nSPS) is 11.4. The largest absolute Gasteiger partial charge is 0.345 e. The first-order valence-corrected chi connectivity index (χ1v) is 8.59. The maximum atomic E-state index is 13.8. The number of hydrogen-bond donors (Lipinski definition) is 2. The van der Waals surface area contributed by atoms with Gasteiger partial charge >= 0.3 is 0 Å². The molecule has 0 aromatic heterocycles. The first-order valence-electron chi connectivity index (χ1n) is 8.59. The fourth-order valence-corrected chi connectivity index (χ4v) is 2.72. The molecule has 4 nitrogen and oxygen atoms in total. The quantitative estimate of drug-likeness (QED) is 0.686. The smallest absolute Gasteiger partial charge is 0.251 e. The fourth-order valence-electron chi connectivity index (χ4n) is 2.72. The Morgan fingerprint density at radius 3 is 2.07 bits per heavy atom. The maximum absolute atomic E-state index is 13.8. The van der Waals surface area contributed by atoms with Gasteiger partial charge in [-0.3, -0.25) is 9.59 Å². The third kappa shape index (κ3) is 5.01. The Kier molecular flexibility index (Phi) is 5.94. The van der Waals surface area contributed by atoms with Crippen LogP contribution in [-0.2, 0) is 4.79 Å². The van der Waals surface area contributed by atoms with Crippen molar-refractivity contribution >= 4 is 17.5 Å². The summed E-state index contributed by atoms with van der Waals surface area (Å²) in [6.45, 7) is 0. The van der Waals surface area contributed by atoms with Gasteiger partial charge in [-0.2, -0.15) is 0 Å². The molecule has 2 amide bonds. The van der Waals surface area contributed by atoms with Crippen LogP contribution in [0.25, 0.3) is 0 Å². The standard InChI is InChI=1S/C22H19FN2O2/c23-18-13-7-8-14-19(18)24-21(26)15-20(16-9-3-1-4-10-16)25-22(27)17-11-5-2-6-12-17/h1-14,20H,15H2,(H,24,26)(H,25,27)/t20-/m0/s1. The van der Waals surface area contributed by atoms with Gasteiger partial charge in [-0.25, -0.2) is 4.39 Å². The molecule has 0 radical (unpaired) electrons. The van der Waals surface area contributed by atoms with Crippen LogP contribution in [0.2, 0.25) is 0 Å². The molecule has 0 fully saturated rings. The summed E-state index contributed by atoms with van der Waals surface area (Å²) in [4.78, 5) is 25.0. The number of para-hydroxylation sites is 1. The highest BCUT2D eigenvalue weighted by Crippen LogP contribution is 2.20. The summed E-state index contributed by atoms with van der Waals surface area (Å²) in [5.41, 5.74) is 1.42. The zero-order valence-corrected chi connectivity index (χ0v) is 14.6. The fraction of sp³-hybridized carbons (Fsp3) is 0.0909. The number of anilines is 1. The summed E-state index contributed by atoms with van der Waals surface area (Å²) < 4.78 is 13.8. The molecule has 5 heteroatoms. The topological polar surface area (TPSA) is 58.2 Å². The monoisotopic (exact) mass is 362 g/mol. The van der Waals surface area contributed by atoms with E-state index in [1.54, 1.807) is 36.4 Å². The van der Waals surface area contributed by atoms with Crippen LogP contribution in [-0.4, -0.2) is 11.8 Å². The molecule has 2 N–H and O–H groups in total. The van der Waals surface area contributed by atoms with Crippen LogP contribution in [0.3, 0.4) is 0 Å². The Morgan fingerprint density at radius 2 is 1.41 bits per heavy atom. The molecule has 3 rings (SSSR count). The second-order valence-corrected chi connectivity index (χ2v) is 6.03. The zero-order valence-electron chi connectivity index (χ0n) is 14.6. The second-order valence-electron chi connectivity index (χ2n) is 6.03. The van der Waals surface area contributed by atoms with E-state index in [4.69, 9.17) is 0 Å². The van der Waals surface area contributed by atoms with E-state index in [1.807, 2.05) is 36.4 Å². The lowest BCUT2D eigenvalue weighted by Gasteiger charge is -2.19. The first kappa shape index (κ1) is 18.3. The van der Waals surface area contributed by atoms with Crippen LogP contribution in [0.5, 0.6) is 0 Å². The lowest BCUT2D eigenvalue weighted by atomic mass is 10.0. The van der Waals surface area contributed by atoms with Crippen LogP contribution in [0.1, 0.15) is 28.4 Å². The molecular weight excluding hydrogens is 343 g/mol. The van der Waals surface area contributed by atoms with Gasteiger partial charge in [-0.15, -0.1) is 0 Å². The van der Waals surface area contributed by atoms with E-state index in [0.29, 0.717) is 5.56 Å². The van der Waals surface area contributed by atoms with Gasteiger partial charge in [-0.1, -0.05) is 60.7 Å². The summed E-state index contributed by atoms with van der Waals surface area (Å²) in [7, 11) is 0. The van der Waals surface area contributed by atoms with E-state index in [-0.39, 0.29) is 23.9 Å². The SMILES string of the molecule is O=C(C[C@H](NC(=O)c1ccccc1)c1ccccc1)Nc1ccccc1F. The third-order valence-electron chi connectivity index (χ3n) is 4.08. The lowest BCUT2D eigenvalue weighted by molar-refractivity contribution is -0.116. The van der Waals surface area contributed by atoms with Crippen molar-refractivity contribution in [2.75, 3.05) is 5.32 Å². The molecule has 0 saturated heterocycles. The molecule has 0 aliphatic rings. The van der Waals surface area contributed by atoms with Gasteiger partial charge in [0, 0.05) is 5.56 Å². The molecule has 3 aromatic rings. The van der Waals surface area contributed by atoms with Crippen molar-refractivity contribution in [1.82, 2.24) is 5.32 Å². The Morgan fingerprint density at radius 1 is 0.815 bits per heavy atom. The van der Waals surface area contributed by atoms with Gasteiger partial charge < -0.3 is 10.6 Å². The Labute approximate surface area is 157 Å². The molecule has 0 bridgehead atoms. The molecule has 27 heavy (non-hydrogen) atoms. The van der Waals surface area contributed by atoms with Crippen molar-refractivity contribution in [3.05, 3.63) is 102 Å². The number of nitrogens with one attached hydrogen (secondary N) is 2. The minimum absolute atomic E-state index is 0.0169. The van der Waals surface area contributed by atoms with Gasteiger partial charge in [0.25, 0.3) is 5.91 Å². The van der Waals surface area contributed by atoms with Crippen molar-refractivity contribution in [1.29, 1.82) is 0 Å². The molecule has 0 aliphatic heterocycles. The van der Waals surface area contributed by atoms with Crippen molar-refractivity contribution in [2.24, 2.45) is 0 Å². The number of carbonyl (C=O) groups is 2. The Hall–Kier alpha value is -3.47. The van der Waals surface area contributed by atoms with E-state index >= 15 is 0 Å². The number of hydrogen-bond acceptors (Lipinski definition) is 2. The van der Waals surface area contributed by atoms with Crippen LogP contribution >= 0.6 is 0 Å². The zero-order chi connectivity index (χ0) is 19.1. The second kappa shape index (κ2) is 8.76. The van der Waals surface area contributed by atoms with Gasteiger partial charge in [0.1, 0.15) is 5.82 Å². The molecule has 136 valence electrons. The van der Waals surface area contributed by atoms with Gasteiger partial charge in [-0.05, 0) is 29.8 Å². The molecule has 0 aliphatic carbocycles. The average Bonchev–Trinajstić information content (AvgIpc) is 2.70. The molecule has 3 aromatic carbocycles. The van der Waals surface area contributed by atoms with Crippen LogP contribution in [0.15, 0.2) is 84.9 Å². The Bertz CT molecular complexity index is 914. The number of carbonyl (C=O) groups excluding carboxylic acids is 2. The minimum atomic E-state index is -0.536. The molecule has 0 heterocycles. The summed E-state index contributed by atoms with van der Waals surface area (Å²) in [5, 5.41) is 5.45. The minimum Gasteiger partial charge on any atom is -0.345 e. The van der Waals surface area contributed by atoms with Crippen molar-refractivity contribution in [3.63, 3.8) is 0 Å². The maximum Gasteiger partial charge on any atom is 0.251 e. The molecule has 0 spiro atoms. The van der Waals surface area contributed by atoms with Crippen LogP contribution in [0.4, 0.5) is 10.1 Å². The first-order chi connectivity index (χ1) is 13.1.